The van der Waals surface area contributed by atoms with Gasteiger partial charge in [0.15, 0.2) is 23.7 Å². The van der Waals surface area contributed by atoms with E-state index >= 15 is 0 Å². The van der Waals surface area contributed by atoms with Crippen LogP contribution in [0.3, 0.4) is 0 Å². The van der Waals surface area contributed by atoms with Crippen molar-refractivity contribution in [3.05, 3.63) is 128 Å². The third-order valence-corrected chi connectivity index (χ3v) is 6.95. The third kappa shape index (κ3) is 4.52. The second-order valence-electron chi connectivity index (χ2n) is 9.31. The molecule has 2 aromatic heterocycles. The Morgan fingerprint density at radius 2 is 0.925 bits per heavy atom. The average Bonchev–Trinajstić information content (AvgIpc) is 3.02. The third-order valence-electron chi connectivity index (χ3n) is 6.95. The summed E-state index contributed by atoms with van der Waals surface area (Å²) in [5.41, 5.74) is 5.41. The summed E-state index contributed by atoms with van der Waals surface area (Å²) < 4.78 is 0. The number of nitrogens with zero attached hydrogens (tertiary/aromatic N) is 3. The summed E-state index contributed by atoms with van der Waals surface area (Å²) in [7, 11) is 0. The van der Waals surface area contributed by atoms with Gasteiger partial charge in [0, 0.05) is 22.8 Å². The van der Waals surface area contributed by atoms with Crippen molar-refractivity contribution in [2.24, 2.45) is 0 Å². The molecule has 0 unspecified atom stereocenters. The van der Waals surface area contributed by atoms with E-state index in [2.05, 4.69) is 29.2 Å². The molecule has 184 valence electrons. The van der Waals surface area contributed by atoms with Gasteiger partial charge in [0.25, 0.3) is 0 Å². The minimum atomic E-state index is -0.0256. The Bertz CT molecular complexity index is 1920. The van der Waals surface area contributed by atoms with Crippen molar-refractivity contribution in [1.29, 1.82) is 0 Å². The van der Waals surface area contributed by atoms with Gasteiger partial charge < -0.3 is 5.11 Å². The summed E-state index contributed by atoms with van der Waals surface area (Å²) in [4.78, 5) is 17.8. The quantitative estimate of drug-likeness (QED) is 0.339. The molecule has 0 spiro atoms. The average molecular weight is 510 g/mol. The first kappa shape index (κ1) is 25.5. The zero-order chi connectivity index (χ0) is 26.2. The summed E-state index contributed by atoms with van der Waals surface area (Å²) in [6, 6.07) is 39.8. The van der Waals surface area contributed by atoms with Crippen LogP contribution in [-0.2, 0) is 0 Å². The fourth-order valence-corrected chi connectivity index (χ4v) is 5.09. The van der Waals surface area contributed by atoms with Crippen LogP contribution in [0.2, 0.25) is 0 Å². The van der Waals surface area contributed by atoms with Crippen LogP contribution >= 0.6 is 0 Å². The Balaban J connectivity index is 0.00000289. The number of H-pyrrole nitrogens is 1. The molecule has 0 aliphatic rings. The van der Waals surface area contributed by atoms with Gasteiger partial charge in [-0.05, 0) is 39.8 Å². The fourth-order valence-electron chi connectivity index (χ4n) is 5.09. The maximum Gasteiger partial charge on any atom is 1.00 e. The topological polar surface area (TPSA) is 75.9 Å². The molecule has 6 heteroatoms. The maximum atomic E-state index is 12.5. The summed E-state index contributed by atoms with van der Waals surface area (Å²) in [5, 5.41) is 15.5. The summed E-state index contributed by atoms with van der Waals surface area (Å²) in [5.74, 6) is 1.83. The van der Waals surface area contributed by atoms with Crippen molar-refractivity contribution < 1.29 is 29.0 Å². The normalized spacial score (nSPS) is 10.9. The van der Waals surface area contributed by atoms with Gasteiger partial charge in [0.05, 0.1) is 5.39 Å². The van der Waals surface area contributed by atoms with Crippen LogP contribution in [0.25, 0.3) is 67.0 Å². The van der Waals surface area contributed by atoms with Gasteiger partial charge in [-0.2, -0.15) is 0 Å². The van der Waals surface area contributed by atoms with Crippen LogP contribution in [0.15, 0.2) is 128 Å². The zero-order valence-corrected chi connectivity index (χ0v) is 21.9. The summed E-state index contributed by atoms with van der Waals surface area (Å²) >= 11 is 0. The van der Waals surface area contributed by atoms with E-state index in [9.17, 15) is 5.11 Å². The van der Waals surface area contributed by atoms with E-state index in [1.54, 1.807) is 12.3 Å². The Morgan fingerprint density at radius 3 is 1.57 bits per heavy atom. The molecule has 0 aliphatic heterocycles. The van der Waals surface area contributed by atoms with Crippen LogP contribution < -0.4 is 29.0 Å². The number of rotatable bonds is 4. The largest absolute Gasteiger partial charge is 1.00 e. The minimum Gasteiger partial charge on any atom is -0.868 e. The second-order valence-corrected chi connectivity index (χ2v) is 9.31. The van der Waals surface area contributed by atoms with E-state index in [0.717, 1.165) is 44.0 Å². The van der Waals surface area contributed by atoms with E-state index < -0.39 is 0 Å². The van der Waals surface area contributed by atoms with E-state index in [4.69, 9.17) is 15.0 Å². The number of pyridine rings is 1. The van der Waals surface area contributed by atoms with Crippen molar-refractivity contribution >= 4 is 21.7 Å². The maximum absolute atomic E-state index is 12.5. The molecule has 0 saturated heterocycles. The molecular formula is C34H22LiN4O+. The molecule has 0 aliphatic carbocycles. The molecule has 0 fully saturated rings. The Morgan fingerprint density at radius 1 is 0.450 bits per heavy atom. The Kier molecular flexibility index (Phi) is 6.84. The van der Waals surface area contributed by atoms with Gasteiger partial charge in [-0.1, -0.05) is 103 Å². The van der Waals surface area contributed by atoms with Crippen molar-refractivity contribution in [2.45, 2.75) is 0 Å². The van der Waals surface area contributed by atoms with Gasteiger partial charge in [-0.3, -0.25) is 0 Å². The van der Waals surface area contributed by atoms with E-state index in [1.807, 2.05) is 91.0 Å². The van der Waals surface area contributed by atoms with Gasteiger partial charge >= 0.3 is 18.9 Å². The predicted octanol–water partition coefficient (Wildman–Crippen LogP) is 3.74. The first-order valence-corrected chi connectivity index (χ1v) is 12.8. The molecular weight excluding hydrogens is 487 g/mol. The molecule has 0 radical (unpaired) electrons. The zero-order valence-electron chi connectivity index (χ0n) is 21.9. The number of aromatic nitrogens is 4. The molecule has 1 N–H and O–H groups in total. The van der Waals surface area contributed by atoms with Crippen molar-refractivity contribution in [2.75, 3.05) is 0 Å². The molecule has 5 nitrogen and oxygen atoms in total. The number of fused-ring (bicyclic) bond motifs is 2. The second kappa shape index (κ2) is 10.7. The first-order valence-electron chi connectivity index (χ1n) is 12.8. The van der Waals surface area contributed by atoms with Crippen LogP contribution in [0.5, 0.6) is 5.75 Å². The number of nitrogens with one attached hydrogen (secondary N) is 1. The smallest absolute Gasteiger partial charge is 0.868 e. The SMILES string of the molecule is [Li+].[O-]c1ccc(-c2ccc(-c3nc(-c4ccccc4)nc(-c4ccccc4)n3)c3ccccc23)c2ccc[nH+]c12. The molecule has 7 rings (SSSR count). The summed E-state index contributed by atoms with van der Waals surface area (Å²) in [6.45, 7) is 0. The van der Waals surface area contributed by atoms with Gasteiger partial charge in [-0.25, -0.2) is 19.9 Å². The number of benzene rings is 5. The van der Waals surface area contributed by atoms with Crippen molar-refractivity contribution in [3.63, 3.8) is 0 Å². The van der Waals surface area contributed by atoms with Crippen LogP contribution in [0.1, 0.15) is 0 Å². The molecule has 7 aromatic rings. The molecule has 0 bridgehead atoms. The van der Waals surface area contributed by atoms with Crippen LogP contribution in [-0.4, -0.2) is 15.0 Å². The fraction of sp³-hybridized carbons (Fsp3) is 0. The number of aromatic amines is 1. The van der Waals surface area contributed by atoms with Gasteiger partial charge in [-0.15, -0.1) is 0 Å². The van der Waals surface area contributed by atoms with Crippen molar-refractivity contribution in [1.82, 2.24) is 15.0 Å². The predicted molar refractivity (Wildman–Crippen MR) is 153 cm³/mol. The standard InChI is InChI=1S/C34H22N4O.Li/c39-30-20-19-27(28-16-9-21-35-31(28)30)26-17-18-29(25-15-8-7-14-24(25)26)34-37-32(22-10-3-1-4-11-22)36-33(38-34)23-12-5-2-6-13-23;/h1-21,39H;/q;+1. The van der Waals surface area contributed by atoms with Crippen molar-refractivity contribution in [3.8, 4) is 51.0 Å². The van der Waals surface area contributed by atoms with Gasteiger partial charge in [0.2, 0.25) is 5.52 Å². The first-order chi connectivity index (χ1) is 19.3. The monoisotopic (exact) mass is 509 g/mol. The molecule has 0 saturated carbocycles. The van der Waals surface area contributed by atoms with Crippen LogP contribution in [0, 0.1) is 0 Å². The summed E-state index contributed by atoms with van der Waals surface area (Å²) in [6.07, 6.45) is 1.78. The molecule has 2 heterocycles. The van der Waals surface area contributed by atoms with E-state index in [1.165, 1.54) is 0 Å². The van der Waals surface area contributed by atoms with Gasteiger partial charge in [0.1, 0.15) is 0 Å². The Hall–Kier alpha value is -4.82. The molecule has 5 aromatic carbocycles. The molecule has 40 heavy (non-hydrogen) atoms. The number of hydrogen-bond acceptors (Lipinski definition) is 4. The minimum absolute atomic E-state index is 0. The van der Waals surface area contributed by atoms with E-state index in [-0.39, 0.29) is 24.6 Å². The van der Waals surface area contributed by atoms with Crippen LogP contribution in [0.4, 0.5) is 0 Å². The van der Waals surface area contributed by atoms with E-state index in [0.29, 0.717) is 23.0 Å². The number of hydrogen-bond donors (Lipinski definition) is 0. The molecule has 0 amide bonds. The Labute approximate surface area is 243 Å². The molecule has 0 atom stereocenters.